The number of carbonyl (C=O) groups is 2. The summed E-state index contributed by atoms with van der Waals surface area (Å²) < 4.78 is 12.2. The van der Waals surface area contributed by atoms with Crippen LogP contribution in [0.2, 0.25) is 0 Å². The Morgan fingerprint density at radius 2 is 1.22 bits per heavy atom. The number of hydrogen-bond donors (Lipinski definition) is 3. The molecule has 2 aromatic carbocycles. The molecule has 326 valence electrons. The molecule has 6 aromatic rings. The van der Waals surface area contributed by atoms with Crippen LogP contribution in [0.15, 0.2) is 46.9 Å². The monoisotopic (exact) mass is 885 g/mol. The molecule has 4 aliphatic rings. The summed E-state index contributed by atoms with van der Waals surface area (Å²) in [5.41, 5.74) is 8.67. The molecule has 0 spiro atoms. The number of carboxylic acid groups (broad SMARTS) is 1. The standard InChI is InChI=1S/C25H29N5O2S.C22H22N4O3S/c1-5-30(4)25(31)15-6-7-18-21(10-15)33-24-22(18)23(27-13-28-24)29-19-8-16-11-26-12-17(16)9-20(19)32-14(2)3;1-11(2)29-17-6-14-9-23-8-13(14)5-16(17)26-20-19-15-4-3-12(22(27)28)7-18(15)30-21(19)25-10-24-20/h8-9,11,13-15H,5-7,10,12H2,1-4H3,(H,27,28,29);5-6,8,10-12H,3-4,7,9H2,1-2H3,(H,27,28)(H,24,25,26). The maximum Gasteiger partial charge on any atom is 0.306 e. The van der Waals surface area contributed by atoms with Gasteiger partial charge >= 0.3 is 5.97 Å². The van der Waals surface area contributed by atoms with Crippen LogP contribution >= 0.6 is 22.7 Å². The van der Waals surface area contributed by atoms with Gasteiger partial charge in [0.15, 0.2) is 0 Å². The SMILES string of the molecule is CC(C)Oc1cc2c(cc1Nc1ncnc3sc4c(c13)CCC(C(=O)O)C4)C=NC2.CCN(C)C(=O)C1CCc2c(sc3ncnc(Nc4cc5c(cc4OC(C)C)CN=C5)c23)C1. The molecule has 1 amide bonds. The van der Waals surface area contributed by atoms with Crippen molar-refractivity contribution in [2.45, 2.75) is 98.4 Å². The van der Waals surface area contributed by atoms with E-state index in [2.05, 4.69) is 58.8 Å². The van der Waals surface area contributed by atoms with Crippen molar-refractivity contribution in [3.63, 3.8) is 0 Å². The minimum Gasteiger partial charge on any atom is -0.489 e. The predicted molar refractivity (Wildman–Crippen MR) is 250 cm³/mol. The maximum absolute atomic E-state index is 12.7. The summed E-state index contributed by atoms with van der Waals surface area (Å²) >= 11 is 3.26. The average molecular weight is 886 g/mol. The summed E-state index contributed by atoms with van der Waals surface area (Å²) in [4.78, 5) is 57.1. The highest BCUT2D eigenvalue weighted by Gasteiger charge is 2.32. The largest absolute Gasteiger partial charge is 0.489 e. The number of aromatic nitrogens is 4. The third kappa shape index (κ3) is 8.57. The molecule has 14 nitrogen and oxygen atoms in total. The number of ether oxygens (including phenoxy) is 2. The van der Waals surface area contributed by atoms with Gasteiger partial charge < -0.3 is 30.1 Å². The van der Waals surface area contributed by atoms with Crippen LogP contribution in [0.25, 0.3) is 20.4 Å². The Hall–Kier alpha value is -6.00. The Balaban J connectivity index is 0.000000161. The summed E-state index contributed by atoms with van der Waals surface area (Å²) in [5.74, 6) is 2.33. The molecule has 3 N–H and O–H groups in total. The Morgan fingerprint density at radius 3 is 1.68 bits per heavy atom. The lowest BCUT2D eigenvalue weighted by Crippen LogP contribution is -2.35. The van der Waals surface area contributed by atoms with Gasteiger partial charge in [0.1, 0.15) is 45.5 Å². The second-order valence-corrected chi connectivity index (χ2v) is 19.2. The third-order valence-corrected chi connectivity index (χ3v) is 14.3. The highest BCUT2D eigenvalue weighted by atomic mass is 32.1. The fourth-order valence-electron chi connectivity index (χ4n) is 8.73. The molecular weight excluding hydrogens is 835 g/mol. The molecule has 2 unspecified atom stereocenters. The summed E-state index contributed by atoms with van der Waals surface area (Å²) in [7, 11) is 1.88. The van der Waals surface area contributed by atoms with Crippen molar-refractivity contribution in [2.75, 3.05) is 24.2 Å². The molecule has 2 atom stereocenters. The Bertz CT molecular complexity index is 2810. The zero-order valence-electron chi connectivity index (χ0n) is 36.3. The lowest BCUT2D eigenvalue weighted by atomic mass is 9.87. The van der Waals surface area contributed by atoms with Gasteiger partial charge in [-0.25, -0.2) is 19.9 Å². The molecule has 0 saturated heterocycles. The van der Waals surface area contributed by atoms with Crippen LogP contribution in [0.1, 0.15) is 90.6 Å². The summed E-state index contributed by atoms with van der Waals surface area (Å²) in [6.45, 7) is 12.2. The number of carboxylic acids is 1. The topological polar surface area (TPSA) is 176 Å². The van der Waals surface area contributed by atoms with E-state index < -0.39 is 5.97 Å². The highest BCUT2D eigenvalue weighted by Crippen LogP contribution is 2.44. The van der Waals surface area contributed by atoms with Gasteiger partial charge in [-0.1, -0.05) is 0 Å². The molecule has 2 aliphatic carbocycles. The smallest absolute Gasteiger partial charge is 0.306 e. The van der Waals surface area contributed by atoms with E-state index >= 15 is 0 Å². The Morgan fingerprint density at radius 1 is 0.746 bits per heavy atom. The number of nitrogens with one attached hydrogen (secondary N) is 2. The molecule has 0 fully saturated rings. The molecule has 0 saturated carbocycles. The van der Waals surface area contributed by atoms with Gasteiger partial charge in [0.2, 0.25) is 5.91 Å². The van der Waals surface area contributed by atoms with Crippen LogP contribution in [-0.4, -0.2) is 80.0 Å². The number of aliphatic imine (C=N–C) groups is 2. The first-order valence-electron chi connectivity index (χ1n) is 21.6. The van der Waals surface area contributed by atoms with Crippen LogP contribution in [0, 0.1) is 11.8 Å². The van der Waals surface area contributed by atoms with E-state index in [0.29, 0.717) is 25.9 Å². The van der Waals surface area contributed by atoms with E-state index in [0.717, 1.165) is 109 Å². The lowest BCUT2D eigenvalue weighted by molar-refractivity contribution is -0.142. The number of thiophene rings is 2. The van der Waals surface area contributed by atoms with Crippen LogP contribution in [0.4, 0.5) is 23.0 Å². The quantitative estimate of drug-likeness (QED) is 0.113. The van der Waals surface area contributed by atoms with E-state index in [9.17, 15) is 14.7 Å². The van der Waals surface area contributed by atoms with Gasteiger partial charge in [-0.15, -0.1) is 22.7 Å². The van der Waals surface area contributed by atoms with Crippen molar-refractivity contribution in [2.24, 2.45) is 21.8 Å². The first-order chi connectivity index (χ1) is 30.4. The molecule has 0 bridgehead atoms. The fourth-order valence-corrected chi connectivity index (χ4v) is 11.3. The number of anilines is 4. The zero-order valence-corrected chi connectivity index (χ0v) is 38.0. The molecular formula is C47H51N9O5S2. The highest BCUT2D eigenvalue weighted by molar-refractivity contribution is 7.19. The van der Waals surface area contributed by atoms with Gasteiger partial charge in [-0.2, -0.15) is 0 Å². The number of carbonyl (C=O) groups excluding carboxylic acids is 1. The molecule has 16 heteroatoms. The second-order valence-electron chi connectivity index (χ2n) is 17.0. The summed E-state index contributed by atoms with van der Waals surface area (Å²) in [5, 5.41) is 18.5. The summed E-state index contributed by atoms with van der Waals surface area (Å²) in [6.07, 6.45) is 11.5. The van der Waals surface area contributed by atoms with E-state index in [4.69, 9.17) is 9.47 Å². The molecule has 4 aromatic heterocycles. The molecule has 0 radical (unpaired) electrons. The first kappa shape index (κ1) is 42.3. The predicted octanol–water partition coefficient (Wildman–Crippen LogP) is 9.08. The van der Waals surface area contributed by atoms with E-state index in [1.165, 1.54) is 21.6 Å². The van der Waals surface area contributed by atoms with E-state index in [1.54, 1.807) is 35.3 Å². The first-order valence-corrected chi connectivity index (χ1v) is 23.3. The van der Waals surface area contributed by atoms with Crippen LogP contribution < -0.4 is 20.1 Å². The fraction of sp³-hybridized carbons (Fsp3) is 0.404. The van der Waals surface area contributed by atoms with Crippen molar-refractivity contribution in [1.29, 1.82) is 0 Å². The average Bonchev–Trinajstić information content (AvgIpc) is 4.07. The van der Waals surface area contributed by atoms with Crippen molar-refractivity contribution in [1.82, 2.24) is 24.8 Å². The van der Waals surface area contributed by atoms with Gasteiger partial charge in [0, 0.05) is 41.7 Å². The van der Waals surface area contributed by atoms with Crippen molar-refractivity contribution in [3.05, 3.63) is 80.1 Å². The number of fused-ring (bicyclic) bond motifs is 8. The number of aliphatic carboxylic acids is 1. The number of rotatable bonds is 11. The molecule has 2 aliphatic heterocycles. The number of nitrogens with zero attached hydrogens (tertiary/aromatic N) is 7. The third-order valence-electron chi connectivity index (χ3n) is 11.9. The number of hydrogen-bond acceptors (Lipinski definition) is 14. The maximum atomic E-state index is 12.7. The van der Waals surface area contributed by atoms with Gasteiger partial charge in [0.05, 0.1) is 53.4 Å². The number of benzene rings is 2. The van der Waals surface area contributed by atoms with Crippen molar-refractivity contribution < 1.29 is 24.2 Å². The zero-order chi connectivity index (χ0) is 43.9. The van der Waals surface area contributed by atoms with Crippen LogP contribution in [0.5, 0.6) is 11.5 Å². The van der Waals surface area contributed by atoms with Gasteiger partial charge in [-0.3, -0.25) is 19.6 Å². The van der Waals surface area contributed by atoms with Gasteiger partial charge in [-0.05, 0) is 131 Å². The molecule has 10 rings (SSSR count). The summed E-state index contributed by atoms with van der Waals surface area (Å²) in [6, 6.07) is 8.26. The Kier molecular flexibility index (Phi) is 11.8. The van der Waals surface area contributed by atoms with Crippen molar-refractivity contribution in [3.8, 4) is 11.5 Å². The molecule has 63 heavy (non-hydrogen) atoms. The van der Waals surface area contributed by atoms with Crippen LogP contribution in [-0.2, 0) is 48.4 Å². The number of amides is 1. The minimum atomic E-state index is -0.724. The van der Waals surface area contributed by atoms with Gasteiger partial charge in [0.25, 0.3) is 0 Å². The van der Waals surface area contributed by atoms with E-state index in [1.807, 2.05) is 65.1 Å². The molecule has 6 heterocycles. The van der Waals surface area contributed by atoms with E-state index in [-0.39, 0.29) is 30.0 Å². The lowest BCUT2D eigenvalue weighted by Gasteiger charge is -2.26. The van der Waals surface area contributed by atoms with Crippen LogP contribution in [0.3, 0.4) is 0 Å². The minimum absolute atomic E-state index is 0.0400. The number of aryl methyl sites for hydroxylation is 2. The van der Waals surface area contributed by atoms with Crippen molar-refractivity contribution >= 4 is 90.4 Å². The second kappa shape index (κ2) is 17.6. The Labute approximate surface area is 373 Å². The normalized spacial score (nSPS) is 17.0.